The molecule has 2 rings (SSSR count). The number of nitrogens with zero attached hydrogens (tertiary/aromatic N) is 2. The van der Waals surface area contributed by atoms with Gasteiger partial charge in [-0.1, -0.05) is 13.8 Å². The van der Waals surface area contributed by atoms with Crippen molar-refractivity contribution in [1.29, 1.82) is 0 Å². The molecule has 1 aromatic rings. The number of hydrogen-bond donors (Lipinski definition) is 1. The average Bonchev–Trinajstić information content (AvgIpc) is 2.73. The Morgan fingerprint density at radius 3 is 2.68 bits per heavy atom. The SMILES string of the molecule is CC1CCN(c2cc(N)c(C(=O)N(C)C)s2)CC1C. The molecule has 2 N–H and O–H groups in total. The van der Waals surface area contributed by atoms with Crippen LogP contribution in [0.5, 0.6) is 0 Å². The molecule has 2 unspecified atom stereocenters. The van der Waals surface area contributed by atoms with Gasteiger partial charge in [0.1, 0.15) is 4.88 Å². The van der Waals surface area contributed by atoms with Crippen LogP contribution >= 0.6 is 11.3 Å². The van der Waals surface area contributed by atoms with Crippen molar-refractivity contribution in [3.05, 3.63) is 10.9 Å². The molecule has 2 heterocycles. The molecule has 5 heteroatoms. The number of nitrogen functional groups attached to an aromatic ring is 1. The van der Waals surface area contributed by atoms with Gasteiger partial charge in [0.05, 0.1) is 10.7 Å². The van der Waals surface area contributed by atoms with Crippen LogP contribution in [0.2, 0.25) is 0 Å². The van der Waals surface area contributed by atoms with E-state index >= 15 is 0 Å². The van der Waals surface area contributed by atoms with Crippen molar-refractivity contribution in [2.75, 3.05) is 37.8 Å². The van der Waals surface area contributed by atoms with Gasteiger partial charge in [0.25, 0.3) is 5.91 Å². The molecule has 1 saturated heterocycles. The number of nitrogens with two attached hydrogens (primary N) is 1. The van der Waals surface area contributed by atoms with Crippen LogP contribution in [0.25, 0.3) is 0 Å². The molecule has 0 spiro atoms. The summed E-state index contributed by atoms with van der Waals surface area (Å²) in [6.07, 6.45) is 1.20. The Labute approximate surface area is 119 Å². The van der Waals surface area contributed by atoms with Gasteiger partial charge in [0.2, 0.25) is 0 Å². The highest BCUT2D eigenvalue weighted by Gasteiger charge is 2.25. The number of rotatable bonds is 2. The maximum atomic E-state index is 12.0. The summed E-state index contributed by atoms with van der Waals surface area (Å²) in [7, 11) is 3.51. The smallest absolute Gasteiger partial charge is 0.265 e. The van der Waals surface area contributed by atoms with Crippen molar-refractivity contribution in [1.82, 2.24) is 4.90 Å². The van der Waals surface area contributed by atoms with Gasteiger partial charge in [-0.05, 0) is 24.3 Å². The van der Waals surface area contributed by atoms with Crippen molar-refractivity contribution in [2.24, 2.45) is 11.8 Å². The summed E-state index contributed by atoms with van der Waals surface area (Å²) in [5.74, 6) is 1.45. The van der Waals surface area contributed by atoms with Crippen LogP contribution in [0, 0.1) is 11.8 Å². The zero-order valence-electron chi connectivity index (χ0n) is 12.1. The van der Waals surface area contributed by atoms with Crippen LogP contribution in [0.4, 0.5) is 10.7 Å². The second-order valence-corrected chi connectivity index (χ2v) is 6.79. The van der Waals surface area contributed by atoms with E-state index in [2.05, 4.69) is 18.7 Å². The molecule has 1 fully saturated rings. The standard InChI is InChI=1S/C14H23N3OS/c1-9-5-6-17(8-10(9)2)12-7-11(15)13(19-12)14(18)16(3)4/h7,9-10H,5-6,8,15H2,1-4H3. The average molecular weight is 281 g/mol. The molecule has 0 bridgehead atoms. The summed E-state index contributed by atoms with van der Waals surface area (Å²) < 4.78 is 0. The maximum absolute atomic E-state index is 12.0. The van der Waals surface area contributed by atoms with Crippen LogP contribution < -0.4 is 10.6 Å². The van der Waals surface area contributed by atoms with E-state index in [-0.39, 0.29) is 5.91 Å². The van der Waals surface area contributed by atoms with Crippen molar-refractivity contribution in [2.45, 2.75) is 20.3 Å². The Morgan fingerprint density at radius 2 is 2.11 bits per heavy atom. The number of carbonyl (C=O) groups is 1. The predicted octanol–water partition coefficient (Wildman–Crippen LogP) is 2.51. The van der Waals surface area contributed by atoms with E-state index < -0.39 is 0 Å². The summed E-state index contributed by atoms with van der Waals surface area (Å²) in [6, 6.07) is 1.95. The molecule has 0 aromatic carbocycles. The molecule has 1 aliphatic rings. The van der Waals surface area contributed by atoms with Gasteiger partial charge >= 0.3 is 0 Å². The van der Waals surface area contributed by atoms with Gasteiger partial charge in [-0.2, -0.15) is 0 Å². The predicted molar refractivity (Wildman–Crippen MR) is 81.9 cm³/mol. The van der Waals surface area contributed by atoms with E-state index in [1.54, 1.807) is 19.0 Å². The van der Waals surface area contributed by atoms with Crippen LogP contribution in [0.3, 0.4) is 0 Å². The number of anilines is 2. The van der Waals surface area contributed by atoms with Crippen LogP contribution in [0.15, 0.2) is 6.07 Å². The van der Waals surface area contributed by atoms with Crippen molar-refractivity contribution in [3.63, 3.8) is 0 Å². The number of amides is 1. The summed E-state index contributed by atoms with van der Waals surface area (Å²) in [4.78, 5) is 16.6. The zero-order valence-corrected chi connectivity index (χ0v) is 13.0. The molecule has 0 radical (unpaired) electrons. The number of hydrogen-bond acceptors (Lipinski definition) is 4. The Kier molecular flexibility index (Phi) is 4.04. The maximum Gasteiger partial charge on any atom is 0.265 e. The highest BCUT2D eigenvalue weighted by molar-refractivity contribution is 7.18. The molecular formula is C14H23N3OS. The lowest BCUT2D eigenvalue weighted by atomic mass is 9.89. The zero-order chi connectivity index (χ0) is 14.2. The lowest BCUT2D eigenvalue weighted by Gasteiger charge is -2.35. The number of carbonyl (C=O) groups excluding carboxylic acids is 1. The molecule has 2 atom stereocenters. The Morgan fingerprint density at radius 1 is 1.42 bits per heavy atom. The quantitative estimate of drug-likeness (QED) is 0.906. The van der Waals surface area contributed by atoms with E-state index in [1.807, 2.05) is 6.07 Å². The van der Waals surface area contributed by atoms with Crippen molar-refractivity contribution in [3.8, 4) is 0 Å². The second kappa shape index (κ2) is 5.41. The first-order valence-electron chi connectivity index (χ1n) is 6.76. The lowest BCUT2D eigenvalue weighted by molar-refractivity contribution is 0.0833. The first kappa shape index (κ1) is 14.2. The van der Waals surface area contributed by atoms with Crippen LogP contribution in [0.1, 0.15) is 29.9 Å². The third-order valence-corrected chi connectivity index (χ3v) is 5.19. The molecule has 106 valence electrons. The minimum Gasteiger partial charge on any atom is -0.397 e. The third kappa shape index (κ3) is 2.86. The van der Waals surface area contributed by atoms with Crippen LogP contribution in [-0.4, -0.2) is 38.0 Å². The normalized spacial score (nSPS) is 23.5. The summed E-state index contributed by atoms with van der Waals surface area (Å²) in [5, 5.41) is 1.13. The third-order valence-electron chi connectivity index (χ3n) is 3.99. The molecule has 19 heavy (non-hydrogen) atoms. The second-order valence-electron chi connectivity index (χ2n) is 5.76. The first-order valence-corrected chi connectivity index (χ1v) is 7.57. The van der Waals surface area contributed by atoms with E-state index in [1.165, 1.54) is 17.8 Å². The summed E-state index contributed by atoms with van der Waals surface area (Å²) in [5.41, 5.74) is 6.59. The van der Waals surface area contributed by atoms with E-state index in [4.69, 9.17) is 5.73 Å². The van der Waals surface area contributed by atoms with Gasteiger partial charge in [0.15, 0.2) is 0 Å². The van der Waals surface area contributed by atoms with Gasteiger partial charge in [-0.15, -0.1) is 11.3 Å². The molecule has 0 aliphatic carbocycles. The van der Waals surface area contributed by atoms with Gasteiger partial charge in [-0.25, -0.2) is 0 Å². The Bertz CT molecular complexity index is 469. The fourth-order valence-corrected chi connectivity index (χ4v) is 3.52. The Balaban J connectivity index is 2.18. The fraction of sp³-hybridized carbons (Fsp3) is 0.643. The number of thiophene rings is 1. The highest BCUT2D eigenvalue weighted by atomic mass is 32.1. The highest BCUT2D eigenvalue weighted by Crippen LogP contribution is 2.36. The molecular weight excluding hydrogens is 258 g/mol. The Hall–Kier alpha value is -1.23. The van der Waals surface area contributed by atoms with E-state index in [9.17, 15) is 4.79 Å². The lowest BCUT2D eigenvalue weighted by Crippen LogP contribution is -2.37. The van der Waals surface area contributed by atoms with E-state index in [0.717, 1.165) is 24.0 Å². The molecule has 1 amide bonds. The minimum atomic E-state index is -0.00724. The molecule has 4 nitrogen and oxygen atoms in total. The van der Waals surface area contributed by atoms with Gasteiger partial charge in [-0.3, -0.25) is 4.79 Å². The molecule has 1 aliphatic heterocycles. The van der Waals surface area contributed by atoms with Gasteiger partial charge < -0.3 is 15.5 Å². The first-order chi connectivity index (χ1) is 8.90. The minimum absolute atomic E-state index is 0.00724. The monoisotopic (exact) mass is 281 g/mol. The number of piperidine rings is 1. The van der Waals surface area contributed by atoms with Crippen LogP contribution in [-0.2, 0) is 0 Å². The topological polar surface area (TPSA) is 49.6 Å². The van der Waals surface area contributed by atoms with Gasteiger partial charge in [0, 0.05) is 27.2 Å². The molecule has 0 saturated carbocycles. The van der Waals surface area contributed by atoms with Crippen molar-refractivity contribution < 1.29 is 4.79 Å². The summed E-state index contributed by atoms with van der Waals surface area (Å²) >= 11 is 1.52. The van der Waals surface area contributed by atoms with E-state index in [0.29, 0.717) is 16.5 Å². The summed E-state index contributed by atoms with van der Waals surface area (Å²) in [6.45, 7) is 6.71. The fourth-order valence-electron chi connectivity index (χ4n) is 2.38. The largest absolute Gasteiger partial charge is 0.397 e. The molecule has 1 aromatic heterocycles. The van der Waals surface area contributed by atoms with Crippen molar-refractivity contribution >= 4 is 27.9 Å².